The number of hydrogen-bond acceptors (Lipinski definition) is 3. The standard InChI is InChI=1S/C19H26N2O3/c1-24-17-8-6-14(7-9-17)10-11-21-13-16(12-18(21)22)20-19(23)15-4-2-3-5-15/h6-9,15-16H,2-5,10-13H2,1H3,(H,20,23). The predicted octanol–water partition coefficient (Wildman–Crippen LogP) is 2.14. The van der Waals surface area contributed by atoms with Crippen LogP contribution < -0.4 is 10.1 Å². The lowest BCUT2D eigenvalue weighted by atomic mass is 10.1. The van der Waals surface area contributed by atoms with Crippen molar-refractivity contribution in [2.75, 3.05) is 20.2 Å². The van der Waals surface area contributed by atoms with E-state index in [1.807, 2.05) is 29.2 Å². The molecule has 130 valence electrons. The molecule has 2 aliphatic rings. The number of benzene rings is 1. The van der Waals surface area contributed by atoms with E-state index in [9.17, 15) is 9.59 Å². The van der Waals surface area contributed by atoms with Crippen LogP contribution in [0, 0.1) is 5.92 Å². The van der Waals surface area contributed by atoms with Crippen molar-refractivity contribution in [2.45, 2.75) is 44.6 Å². The quantitative estimate of drug-likeness (QED) is 0.869. The Kier molecular flexibility index (Phi) is 5.38. The van der Waals surface area contributed by atoms with Gasteiger partial charge in [0.25, 0.3) is 0 Å². The number of ether oxygens (including phenoxy) is 1. The minimum Gasteiger partial charge on any atom is -0.497 e. The summed E-state index contributed by atoms with van der Waals surface area (Å²) >= 11 is 0. The van der Waals surface area contributed by atoms with Crippen LogP contribution in [0.25, 0.3) is 0 Å². The molecule has 1 N–H and O–H groups in total. The number of hydrogen-bond donors (Lipinski definition) is 1. The highest BCUT2D eigenvalue weighted by Crippen LogP contribution is 2.25. The van der Waals surface area contributed by atoms with Gasteiger partial charge >= 0.3 is 0 Å². The molecule has 3 rings (SSSR count). The van der Waals surface area contributed by atoms with Crippen LogP contribution in [0.15, 0.2) is 24.3 Å². The van der Waals surface area contributed by atoms with Gasteiger partial charge in [-0.25, -0.2) is 0 Å². The third-order valence-corrected chi connectivity index (χ3v) is 5.12. The molecule has 5 heteroatoms. The molecule has 1 aliphatic carbocycles. The Morgan fingerprint density at radius 1 is 1.25 bits per heavy atom. The van der Waals surface area contributed by atoms with E-state index < -0.39 is 0 Å². The van der Waals surface area contributed by atoms with Crippen LogP contribution in [0.4, 0.5) is 0 Å². The monoisotopic (exact) mass is 330 g/mol. The summed E-state index contributed by atoms with van der Waals surface area (Å²) in [5.74, 6) is 1.28. The van der Waals surface area contributed by atoms with Gasteiger partial charge in [-0.2, -0.15) is 0 Å². The normalized spacial score (nSPS) is 21.3. The Bertz CT molecular complexity index is 579. The molecule has 2 amide bonds. The second-order valence-electron chi connectivity index (χ2n) is 6.83. The molecule has 1 aromatic carbocycles. The third-order valence-electron chi connectivity index (χ3n) is 5.12. The number of amides is 2. The molecule has 0 bridgehead atoms. The molecule has 1 unspecified atom stereocenters. The Hall–Kier alpha value is -2.04. The van der Waals surface area contributed by atoms with E-state index >= 15 is 0 Å². The van der Waals surface area contributed by atoms with Crippen LogP contribution in [0.1, 0.15) is 37.7 Å². The highest BCUT2D eigenvalue weighted by Gasteiger charge is 2.32. The third kappa shape index (κ3) is 4.08. The maximum absolute atomic E-state index is 12.2. The fourth-order valence-electron chi connectivity index (χ4n) is 3.65. The van der Waals surface area contributed by atoms with E-state index in [0.29, 0.717) is 19.5 Å². The minimum atomic E-state index is -0.0264. The van der Waals surface area contributed by atoms with Crippen molar-refractivity contribution in [3.05, 3.63) is 29.8 Å². The topological polar surface area (TPSA) is 58.6 Å². The maximum atomic E-state index is 12.2. The molecule has 5 nitrogen and oxygen atoms in total. The van der Waals surface area contributed by atoms with Crippen molar-refractivity contribution in [2.24, 2.45) is 5.92 Å². The summed E-state index contributed by atoms with van der Waals surface area (Å²) in [5.41, 5.74) is 1.18. The first-order valence-corrected chi connectivity index (χ1v) is 8.87. The fraction of sp³-hybridized carbons (Fsp3) is 0.579. The predicted molar refractivity (Wildman–Crippen MR) is 91.8 cm³/mol. The van der Waals surface area contributed by atoms with Gasteiger partial charge in [0.2, 0.25) is 11.8 Å². The first kappa shape index (κ1) is 16.8. The number of carbonyl (C=O) groups excluding carboxylic acids is 2. The molecule has 0 aromatic heterocycles. The minimum absolute atomic E-state index is 0.0264. The van der Waals surface area contributed by atoms with Crippen molar-refractivity contribution >= 4 is 11.8 Å². The van der Waals surface area contributed by atoms with E-state index in [4.69, 9.17) is 4.74 Å². The summed E-state index contributed by atoms with van der Waals surface area (Å²) < 4.78 is 5.15. The molecule has 1 heterocycles. The van der Waals surface area contributed by atoms with Crippen molar-refractivity contribution < 1.29 is 14.3 Å². The zero-order chi connectivity index (χ0) is 16.9. The first-order chi connectivity index (χ1) is 11.7. The number of rotatable bonds is 6. The Labute approximate surface area is 143 Å². The van der Waals surface area contributed by atoms with E-state index in [0.717, 1.165) is 37.9 Å². The zero-order valence-corrected chi connectivity index (χ0v) is 14.3. The van der Waals surface area contributed by atoms with Crippen LogP contribution in [-0.2, 0) is 16.0 Å². The van der Waals surface area contributed by atoms with E-state index in [1.54, 1.807) is 7.11 Å². The number of likely N-dealkylation sites (tertiary alicyclic amines) is 1. The highest BCUT2D eigenvalue weighted by molar-refractivity contribution is 5.83. The fourth-order valence-corrected chi connectivity index (χ4v) is 3.65. The lowest BCUT2D eigenvalue weighted by Crippen LogP contribution is -2.40. The lowest BCUT2D eigenvalue weighted by Gasteiger charge is -2.18. The molecule has 1 saturated heterocycles. The first-order valence-electron chi connectivity index (χ1n) is 8.87. The second kappa shape index (κ2) is 7.69. The molecule has 1 atom stereocenters. The van der Waals surface area contributed by atoms with Gasteiger partial charge in [-0.1, -0.05) is 25.0 Å². The largest absolute Gasteiger partial charge is 0.497 e. The molecule has 24 heavy (non-hydrogen) atoms. The second-order valence-corrected chi connectivity index (χ2v) is 6.83. The molecule has 2 fully saturated rings. The van der Waals surface area contributed by atoms with Gasteiger partial charge in [0, 0.05) is 25.4 Å². The Balaban J connectivity index is 1.46. The number of carbonyl (C=O) groups is 2. The molecule has 0 radical (unpaired) electrons. The van der Waals surface area contributed by atoms with Gasteiger partial charge in [0.15, 0.2) is 0 Å². The summed E-state index contributed by atoms with van der Waals surface area (Å²) in [6, 6.07) is 7.90. The lowest BCUT2D eigenvalue weighted by molar-refractivity contribution is -0.127. The van der Waals surface area contributed by atoms with Gasteiger partial charge in [0.1, 0.15) is 5.75 Å². The summed E-state index contributed by atoms with van der Waals surface area (Å²) in [6.07, 6.45) is 5.53. The van der Waals surface area contributed by atoms with Crippen LogP contribution in [0.2, 0.25) is 0 Å². The summed E-state index contributed by atoms with van der Waals surface area (Å²) in [5, 5.41) is 3.08. The number of nitrogens with zero attached hydrogens (tertiary/aromatic N) is 1. The average molecular weight is 330 g/mol. The van der Waals surface area contributed by atoms with Gasteiger partial charge in [0.05, 0.1) is 13.2 Å². The summed E-state index contributed by atoms with van der Waals surface area (Å²) in [6.45, 7) is 1.33. The van der Waals surface area contributed by atoms with Crippen LogP contribution in [-0.4, -0.2) is 43.0 Å². The molecular formula is C19H26N2O3. The zero-order valence-electron chi connectivity index (χ0n) is 14.3. The molecule has 1 aromatic rings. The van der Waals surface area contributed by atoms with E-state index in [2.05, 4.69) is 5.32 Å². The highest BCUT2D eigenvalue weighted by atomic mass is 16.5. The molecule has 1 aliphatic heterocycles. The van der Waals surface area contributed by atoms with Crippen molar-refractivity contribution in [3.63, 3.8) is 0 Å². The van der Waals surface area contributed by atoms with Crippen LogP contribution in [0.3, 0.4) is 0 Å². The molecule has 1 saturated carbocycles. The Morgan fingerprint density at radius 2 is 1.96 bits per heavy atom. The van der Waals surface area contributed by atoms with Gasteiger partial charge in [-0.05, 0) is 37.0 Å². The van der Waals surface area contributed by atoms with Crippen molar-refractivity contribution in [1.82, 2.24) is 10.2 Å². The molecule has 0 spiro atoms. The van der Waals surface area contributed by atoms with Crippen LogP contribution in [0.5, 0.6) is 5.75 Å². The average Bonchev–Trinajstić information content (AvgIpc) is 3.23. The smallest absolute Gasteiger partial charge is 0.224 e. The number of nitrogens with one attached hydrogen (secondary N) is 1. The van der Waals surface area contributed by atoms with Gasteiger partial charge in [-0.15, -0.1) is 0 Å². The van der Waals surface area contributed by atoms with Crippen molar-refractivity contribution in [3.8, 4) is 5.75 Å². The summed E-state index contributed by atoms with van der Waals surface area (Å²) in [7, 11) is 1.65. The van der Waals surface area contributed by atoms with Crippen LogP contribution >= 0.6 is 0 Å². The SMILES string of the molecule is COc1ccc(CCN2CC(NC(=O)C3CCCC3)CC2=O)cc1. The maximum Gasteiger partial charge on any atom is 0.224 e. The number of methoxy groups -OCH3 is 1. The van der Waals surface area contributed by atoms with Crippen molar-refractivity contribution in [1.29, 1.82) is 0 Å². The van der Waals surface area contributed by atoms with Gasteiger partial charge in [-0.3, -0.25) is 9.59 Å². The Morgan fingerprint density at radius 3 is 2.62 bits per heavy atom. The van der Waals surface area contributed by atoms with E-state index in [-0.39, 0.29) is 23.8 Å². The molecular weight excluding hydrogens is 304 g/mol. The van der Waals surface area contributed by atoms with E-state index in [1.165, 1.54) is 5.56 Å². The summed E-state index contributed by atoms with van der Waals surface area (Å²) in [4.78, 5) is 26.2. The van der Waals surface area contributed by atoms with Gasteiger partial charge < -0.3 is 15.0 Å².